The number of hydrogen-bond donors (Lipinski definition) is 2. The number of nitrogen functional groups attached to an aromatic ring is 1. The highest BCUT2D eigenvalue weighted by Gasteiger charge is 2.18. The fraction of sp³-hybridized carbons (Fsp3) is 0.667. The number of hydrogen-bond acceptors (Lipinski definition) is 8. The minimum absolute atomic E-state index is 0.108. The van der Waals surface area contributed by atoms with E-state index in [4.69, 9.17) is 10.5 Å². The first-order valence-corrected chi connectivity index (χ1v) is 6.93. The second-order valence-corrected chi connectivity index (χ2v) is 4.58. The van der Waals surface area contributed by atoms with Gasteiger partial charge in [-0.2, -0.15) is 15.0 Å². The van der Waals surface area contributed by atoms with Crippen molar-refractivity contribution in [1.82, 2.24) is 20.3 Å². The summed E-state index contributed by atoms with van der Waals surface area (Å²) in [5, 5.41) is 2.58. The van der Waals surface area contributed by atoms with E-state index in [0.717, 1.165) is 0 Å². The molecule has 0 unspecified atom stereocenters. The Morgan fingerprint density at radius 2 is 2.10 bits per heavy atom. The van der Waals surface area contributed by atoms with Crippen molar-refractivity contribution < 1.29 is 9.53 Å². The first kappa shape index (κ1) is 15.2. The van der Waals surface area contributed by atoms with Crippen LogP contribution in [0.1, 0.15) is 6.92 Å². The fourth-order valence-electron chi connectivity index (χ4n) is 1.99. The molecule has 0 aromatic carbocycles. The van der Waals surface area contributed by atoms with Gasteiger partial charge in [0.1, 0.15) is 0 Å². The van der Waals surface area contributed by atoms with E-state index in [1.54, 1.807) is 11.9 Å². The summed E-state index contributed by atoms with van der Waals surface area (Å²) in [4.78, 5) is 28.0. The third kappa shape index (κ3) is 3.91. The van der Waals surface area contributed by atoms with Crippen LogP contribution < -0.4 is 20.9 Å². The highest BCUT2D eigenvalue weighted by atomic mass is 16.5. The Balaban J connectivity index is 2.21. The third-order valence-electron chi connectivity index (χ3n) is 3.20. The van der Waals surface area contributed by atoms with Gasteiger partial charge in [-0.1, -0.05) is 0 Å². The second-order valence-electron chi connectivity index (χ2n) is 4.58. The van der Waals surface area contributed by atoms with Crippen LogP contribution in [0, 0.1) is 0 Å². The molecule has 2 rings (SSSR count). The lowest BCUT2D eigenvalue weighted by Gasteiger charge is -2.28. The molecule has 1 aromatic heterocycles. The van der Waals surface area contributed by atoms with Crippen molar-refractivity contribution in [2.24, 2.45) is 0 Å². The Hall–Kier alpha value is -2.16. The maximum absolute atomic E-state index is 11.5. The fourth-order valence-corrected chi connectivity index (χ4v) is 1.99. The van der Waals surface area contributed by atoms with Crippen LogP contribution in [-0.4, -0.2) is 67.3 Å². The highest BCUT2D eigenvalue weighted by molar-refractivity contribution is 5.80. The van der Waals surface area contributed by atoms with Crippen LogP contribution in [0.2, 0.25) is 0 Å². The number of nitrogens with one attached hydrogen (secondary N) is 1. The Bertz CT molecular complexity index is 490. The number of aromatic nitrogens is 3. The van der Waals surface area contributed by atoms with Gasteiger partial charge >= 0.3 is 0 Å². The normalized spacial score (nSPS) is 14.9. The number of nitrogens with two attached hydrogens (primary N) is 1. The van der Waals surface area contributed by atoms with E-state index in [1.807, 2.05) is 11.8 Å². The molecule has 0 atom stereocenters. The molecule has 1 aromatic rings. The molecule has 9 nitrogen and oxygen atoms in total. The third-order valence-corrected chi connectivity index (χ3v) is 3.20. The van der Waals surface area contributed by atoms with Crippen molar-refractivity contribution in [2.75, 3.05) is 62.0 Å². The first-order chi connectivity index (χ1) is 10.1. The van der Waals surface area contributed by atoms with Gasteiger partial charge in [-0.05, 0) is 6.92 Å². The molecule has 0 bridgehead atoms. The molecule has 0 spiro atoms. The van der Waals surface area contributed by atoms with E-state index in [2.05, 4.69) is 20.3 Å². The van der Waals surface area contributed by atoms with E-state index in [0.29, 0.717) is 44.7 Å². The number of ether oxygens (including phenoxy) is 1. The van der Waals surface area contributed by atoms with Gasteiger partial charge in [0.25, 0.3) is 0 Å². The molecule has 116 valence electrons. The molecule has 0 saturated carbocycles. The summed E-state index contributed by atoms with van der Waals surface area (Å²) in [6, 6.07) is 0. The van der Waals surface area contributed by atoms with Crippen molar-refractivity contribution in [2.45, 2.75) is 6.92 Å². The number of carbonyl (C=O) groups excluding carboxylic acids is 1. The summed E-state index contributed by atoms with van der Waals surface area (Å²) in [5.74, 6) is 0.979. The smallest absolute Gasteiger partial charge is 0.239 e. The van der Waals surface area contributed by atoms with Crippen molar-refractivity contribution in [1.29, 1.82) is 0 Å². The predicted octanol–water partition coefficient (Wildman–Crippen LogP) is -1.14. The van der Waals surface area contributed by atoms with E-state index in [9.17, 15) is 4.79 Å². The van der Waals surface area contributed by atoms with Gasteiger partial charge in [0, 0.05) is 26.7 Å². The molecule has 9 heteroatoms. The zero-order valence-electron chi connectivity index (χ0n) is 12.4. The van der Waals surface area contributed by atoms with Crippen LogP contribution in [0.3, 0.4) is 0 Å². The molecular formula is C12H21N7O2. The number of rotatable bonds is 5. The number of nitrogens with zero attached hydrogens (tertiary/aromatic N) is 5. The number of likely N-dealkylation sites (N-methyl/N-ethyl adjacent to an activating group) is 2. The molecule has 1 saturated heterocycles. The summed E-state index contributed by atoms with van der Waals surface area (Å²) in [6.07, 6.45) is 0. The summed E-state index contributed by atoms with van der Waals surface area (Å²) in [7, 11) is 1.59. The molecular weight excluding hydrogens is 274 g/mol. The molecule has 1 aliphatic heterocycles. The monoisotopic (exact) mass is 295 g/mol. The van der Waals surface area contributed by atoms with Crippen molar-refractivity contribution in [3.63, 3.8) is 0 Å². The van der Waals surface area contributed by atoms with E-state index in [-0.39, 0.29) is 18.4 Å². The van der Waals surface area contributed by atoms with Crippen molar-refractivity contribution in [3.8, 4) is 0 Å². The molecule has 3 N–H and O–H groups in total. The maximum Gasteiger partial charge on any atom is 0.239 e. The molecule has 1 aliphatic rings. The summed E-state index contributed by atoms with van der Waals surface area (Å²) >= 11 is 0. The molecule has 21 heavy (non-hydrogen) atoms. The van der Waals surface area contributed by atoms with Crippen LogP contribution in [-0.2, 0) is 9.53 Å². The van der Waals surface area contributed by atoms with Crippen LogP contribution in [0.15, 0.2) is 0 Å². The first-order valence-electron chi connectivity index (χ1n) is 6.93. The lowest BCUT2D eigenvalue weighted by molar-refractivity contribution is -0.119. The van der Waals surface area contributed by atoms with E-state index in [1.165, 1.54) is 0 Å². The van der Waals surface area contributed by atoms with Gasteiger partial charge in [0.05, 0.1) is 19.8 Å². The van der Waals surface area contributed by atoms with Crippen LogP contribution in [0.5, 0.6) is 0 Å². The van der Waals surface area contributed by atoms with Gasteiger partial charge in [-0.25, -0.2) is 0 Å². The number of amides is 1. The molecule has 2 heterocycles. The minimum atomic E-state index is -0.108. The maximum atomic E-state index is 11.5. The average Bonchev–Trinajstić information content (AvgIpc) is 2.52. The van der Waals surface area contributed by atoms with Gasteiger partial charge in [-0.3, -0.25) is 4.79 Å². The standard InChI is InChI=1S/C12H21N7O2/c1-3-18(8-9(20)14-2)11-15-10(13)16-12(17-11)19-4-6-21-7-5-19/h3-8H2,1-2H3,(H,14,20)(H2,13,15,16,17). The number of anilines is 3. The molecule has 0 radical (unpaired) electrons. The number of carbonyl (C=O) groups is 1. The Kier molecular flexibility index (Phi) is 5.09. The summed E-state index contributed by atoms with van der Waals surface area (Å²) in [5.41, 5.74) is 5.77. The lowest BCUT2D eigenvalue weighted by Crippen LogP contribution is -2.39. The lowest BCUT2D eigenvalue weighted by atomic mass is 10.4. The van der Waals surface area contributed by atoms with Crippen LogP contribution in [0.4, 0.5) is 17.8 Å². The zero-order valence-corrected chi connectivity index (χ0v) is 12.4. The predicted molar refractivity (Wildman–Crippen MR) is 79.2 cm³/mol. The average molecular weight is 295 g/mol. The topological polar surface area (TPSA) is 110 Å². The number of morpholine rings is 1. The van der Waals surface area contributed by atoms with Gasteiger partial charge < -0.3 is 25.6 Å². The molecule has 1 fully saturated rings. The van der Waals surface area contributed by atoms with Gasteiger partial charge in [-0.15, -0.1) is 0 Å². The second kappa shape index (κ2) is 7.02. The minimum Gasteiger partial charge on any atom is -0.378 e. The summed E-state index contributed by atoms with van der Waals surface area (Å²) in [6.45, 7) is 5.40. The van der Waals surface area contributed by atoms with Crippen LogP contribution in [0.25, 0.3) is 0 Å². The van der Waals surface area contributed by atoms with E-state index >= 15 is 0 Å². The van der Waals surface area contributed by atoms with E-state index < -0.39 is 0 Å². The Morgan fingerprint density at radius 3 is 2.71 bits per heavy atom. The van der Waals surface area contributed by atoms with Gasteiger partial charge in [0.15, 0.2) is 0 Å². The Morgan fingerprint density at radius 1 is 1.38 bits per heavy atom. The van der Waals surface area contributed by atoms with Gasteiger partial charge in [0.2, 0.25) is 23.8 Å². The molecule has 0 aliphatic carbocycles. The Labute approximate surface area is 123 Å². The molecule has 1 amide bonds. The van der Waals surface area contributed by atoms with Crippen molar-refractivity contribution >= 4 is 23.8 Å². The van der Waals surface area contributed by atoms with Crippen molar-refractivity contribution in [3.05, 3.63) is 0 Å². The summed E-state index contributed by atoms with van der Waals surface area (Å²) < 4.78 is 5.31. The quantitative estimate of drug-likeness (QED) is 0.702. The SMILES string of the molecule is CCN(CC(=O)NC)c1nc(N)nc(N2CCOCC2)n1. The highest BCUT2D eigenvalue weighted by Crippen LogP contribution is 2.16. The zero-order chi connectivity index (χ0) is 15.2. The van der Waals surface area contributed by atoms with Crippen LogP contribution >= 0.6 is 0 Å². The largest absolute Gasteiger partial charge is 0.378 e.